The zero-order chi connectivity index (χ0) is 24.5. The minimum Gasteiger partial charge on any atom is -0.261 e. The van der Waals surface area contributed by atoms with Crippen LogP contribution in [-0.4, -0.2) is 4.98 Å². The molecule has 6 rings (SSSR count). The zero-order valence-corrected chi connectivity index (χ0v) is 17.9. The van der Waals surface area contributed by atoms with Crippen LogP contribution in [0.15, 0.2) is 67.0 Å². The van der Waals surface area contributed by atoms with Crippen molar-refractivity contribution < 1.29 is 10.1 Å². The first-order valence-electron chi connectivity index (χ1n) is 12.9. The fourth-order valence-corrected chi connectivity index (χ4v) is 5.00. The first-order valence-corrected chi connectivity index (χ1v) is 10.9. The summed E-state index contributed by atoms with van der Waals surface area (Å²) in [5, 5.41) is 0. The van der Waals surface area contributed by atoms with E-state index in [0.29, 0.717) is 17.7 Å². The number of hydrogen-bond acceptors (Lipinski definition) is 1. The summed E-state index contributed by atoms with van der Waals surface area (Å²) in [6, 6.07) is 18.2. The Labute approximate surface area is 189 Å². The predicted octanol–water partition coefficient (Wildman–Crippen LogP) is 6.00. The molecule has 152 valence electrons. The van der Waals surface area contributed by atoms with Crippen molar-refractivity contribution in [3.05, 3.63) is 94.9 Å². The van der Waals surface area contributed by atoms with Gasteiger partial charge in [0.05, 0.1) is 5.56 Å². The lowest BCUT2D eigenvalue weighted by atomic mass is 9.92. The molecule has 31 heavy (non-hydrogen) atoms. The van der Waals surface area contributed by atoms with Gasteiger partial charge in [-0.25, -0.2) is 4.57 Å². The molecule has 2 aliphatic carbocycles. The smallest absolute Gasteiger partial charge is 0.213 e. The predicted molar refractivity (Wildman–Crippen MR) is 126 cm³/mol. The van der Waals surface area contributed by atoms with Gasteiger partial charge in [0.15, 0.2) is 6.20 Å². The fraction of sp³-hybridized carbons (Fsp3) is 0.241. The molecule has 2 aromatic carbocycles. The molecule has 2 heteroatoms. The van der Waals surface area contributed by atoms with E-state index >= 15 is 0 Å². The highest BCUT2D eigenvalue weighted by Crippen LogP contribution is 2.43. The van der Waals surface area contributed by atoms with E-state index in [9.17, 15) is 0 Å². The van der Waals surface area contributed by atoms with Gasteiger partial charge in [-0.3, -0.25) is 4.98 Å². The van der Waals surface area contributed by atoms with Crippen LogP contribution in [0.2, 0.25) is 0 Å². The topological polar surface area (TPSA) is 16.8 Å². The van der Waals surface area contributed by atoms with Crippen molar-refractivity contribution in [1.82, 2.24) is 4.98 Å². The quantitative estimate of drug-likeness (QED) is 0.288. The van der Waals surface area contributed by atoms with Crippen LogP contribution in [0.25, 0.3) is 33.5 Å². The van der Waals surface area contributed by atoms with Gasteiger partial charge in [-0.1, -0.05) is 36.4 Å². The summed E-state index contributed by atoms with van der Waals surface area (Å²) in [7, 11) is 2.05. The van der Waals surface area contributed by atoms with Gasteiger partial charge < -0.3 is 0 Å². The van der Waals surface area contributed by atoms with E-state index in [-0.39, 0.29) is 12.8 Å². The van der Waals surface area contributed by atoms with Crippen molar-refractivity contribution in [3.63, 3.8) is 0 Å². The molecule has 0 fully saturated rings. The van der Waals surface area contributed by atoms with E-state index in [0.717, 1.165) is 33.5 Å². The molecule has 0 amide bonds. The maximum absolute atomic E-state index is 8.93. The lowest BCUT2D eigenvalue weighted by Crippen LogP contribution is -2.31. The van der Waals surface area contributed by atoms with Crippen molar-refractivity contribution >= 4 is 0 Å². The Kier molecular flexibility index (Phi) is 3.39. The second-order valence-corrected chi connectivity index (χ2v) is 8.49. The van der Waals surface area contributed by atoms with E-state index in [1.165, 1.54) is 16.7 Å². The third-order valence-corrected chi connectivity index (χ3v) is 6.57. The third kappa shape index (κ3) is 3.01. The molecule has 0 atom stereocenters. The second kappa shape index (κ2) is 7.16. The average Bonchev–Trinajstić information content (AvgIpc) is 3.22. The van der Waals surface area contributed by atoms with Crippen molar-refractivity contribution in [3.8, 4) is 33.5 Å². The highest BCUT2D eigenvalue weighted by Gasteiger charge is 2.28. The van der Waals surface area contributed by atoms with Gasteiger partial charge in [-0.05, 0) is 83.1 Å². The summed E-state index contributed by atoms with van der Waals surface area (Å²) in [6.07, 6.45) is 1.11. The molecular weight excluding hydrogens is 376 g/mol. The molecule has 0 aliphatic heterocycles. The molecule has 2 aromatic heterocycles. The molecule has 2 heterocycles. The van der Waals surface area contributed by atoms with Crippen LogP contribution in [0, 0.1) is 6.92 Å². The highest BCUT2D eigenvalue weighted by atomic mass is 14.9. The normalized spacial score (nSPS) is 19.3. The maximum atomic E-state index is 8.93. The van der Waals surface area contributed by atoms with Crippen LogP contribution in [0.1, 0.15) is 46.3 Å². The maximum Gasteiger partial charge on any atom is 0.213 e. The molecule has 0 saturated carbocycles. The Balaban J connectivity index is 1.68. The van der Waals surface area contributed by atoms with E-state index < -0.39 is 12.7 Å². The summed E-state index contributed by atoms with van der Waals surface area (Å²) in [5.41, 5.74) is 10.8. The Hall–Kier alpha value is -3.26. The molecule has 0 radical (unpaired) electrons. The Morgan fingerprint density at radius 3 is 2.68 bits per heavy atom. The van der Waals surface area contributed by atoms with Crippen molar-refractivity contribution in [2.24, 2.45) is 7.05 Å². The summed E-state index contributed by atoms with van der Waals surface area (Å²) in [5.74, 6) is 0. The minimum atomic E-state index is -1.74. The molecule has 4 aromatic rings. The van der Waals surface area contributed by atoms with E-state index in [4.69, 9.17) is 5.48 Å². The summed E-state index contributed by atoms with van der Waals surface area (Å²) in [6.45, 7) is 2.13. The first kappa shape index (κ1) is 14.7. The fourth-order valence-electron chi connectivity index (χ4n) is 5.00. The first-order chi connectivity index (χ1) is 16.7. The molecule has 0 spiro atoms. The Morgan fingerprint density at radius 2 is 1.74 bits per heavy atom. The molecule has 2 nitrogen and oxygen atoms in total. The molecule has 0 saturated heterocycles. The van der Waals surface area contributed by atoms with Crippen LogP contribution >= 0.6 is 0 Å². The standard InChI is InChI=1S/C29H27N2/c1-19-10-11-23-24-12-14-30-27-9-4-3-6-20-7-5-8-21(16-20)22-13-15-31(2)28(17-22)29(19)26(23)18-25(24)27/h5,7-8,10-17H,3-4,6,9,18H2,1-2H3/q+1/i6D2,9D2. The summed E-state index contributed by atoms with van der Waals surface area (Å²) < 4.78 is 37.6. The van der Waals surface area contributed by atoms with E-state index in [1.807, 2.05) is 24.3 Å². The zero-order valence-electron chi connectivity index (χ0n) is 21.9. The molecule has 0 N–H and O–H groups in total. The Bertz CT molecular complexity index is 1510. The van der Waals surface area contributed by atoms with Crippen molar-refractivity contribution in [2.75, 3.05) is 0 Å². The SMILES string of the molecule is [2H]C1([2H])CCC([2H])([2H])c2nccc3c2Cc2c-3ccc(C)c2-c2cc(cc[n+]2C)-c2cccc1c2. The number of benzene rings is 2. The average molecular weight is 408 g/mol. The molecule has 0 unspecified atom stereocenters. The third-order valence-electron chi connectivity index (χ3n) is 6.57. The summed E-state index contributed by atoms with van der Waals surface area (Å²) >= 11 is 0. The van der Waals surface area contributed by atoms with Gasteiger partial charge in [-0.2, -0.15) is 0 Å². The largest absolute Gasteiger partial charge is 0.261 e. The molecule has 6 bridgehead atoms. The van der Waals surface area contributed by atoms with Crippen LogP contribution in [0.4, 0.5) is 0 Å². The minimum absolute atomic E-state index is 0.0542. The number of hydrogen-bond donors (Lipinski definition) is 0. The molecule has 2 aliphatic rings. The second-order valence-electron chi connectivity index (χ2n) is 8.49. The molecular formula is C29H27N2+. The number of aromatic nitrogens is 2. The van der Waals surface area contributed by atoms with Gasteiger partial charge in [0.25, 0.3) is 0 Å². The summed E-state index contributed by atoms with van der Waals surface area (Å²) in [4.78, 5) is 4.53. The van der Waals surface area contributed by atoms with Gasteiger partial charge in [0, 0.05) is 35.9 Å². The van der Waals surface area contributed by atoms with Gasteiger partial charge in [-0.15, -0.1) is 0 Å². The van der Waals surface area contributed by atoms with Crippen molar-refractivity contribution in [1.29, 1.82) is 0 Å². The lowest BCUT2D eigenvalue weighted by molar-refractivity contribution is -0.660. The van der Waals surface area contributed by atoms with Crippen LogP contribution in [0.5, 0.6) is 0 Å². The number of pyridine rings is 2. The Morgan fingerprint density at radius 1 is 0.903 bits per heavy atom. The van der Waals surface area contributed by atoms with Crippen LogP contribution in [-0.2, 0) is 26.2 Å². The monoisotopic (exact) mass is 407 g/mol. The number of fused-ring (bicyclic) bond motifs is 7. The van der Waals surface area contributed by atoms with Gasteiger partial charge in [0.1, 0.15) is 7.05 Å². The van der Waals surface area contributed by atoms with Crippen molar-refractivity contribution in [2.45, 2.75) is 38.9 Å². The van der Waals surface area contributed by atoms with Gasteiger partial charge >= 0.3 is 0 Å². The van der Waals surface area contributed by atoms with Crippen LogP contribution < -0.4 is 4.57 Å². The highest BCUT2D eigenvalue weighted by molar-refractivity contribution is 5.86. The van der Waals surface area contributed by atoms with Crippen LogP contribution in [0.3, 0.4) is 0 Å². The van der Waals surface area contributed by atoms with E-state index in [1.54, 1.807) is 12.3 Å². The van der Waals surface area contributed by atoms with Gasteiger partial charge in [0.2, 0.25) is 5.69 Å². The number of nitrogens with zero attached hydrogens (tertiary/aromatic N) is 2. The van der Waals surface area contributed by atoms with E-state index in [2.05, 4.69) is 54.0 Å². The number of rotatable bonds is 0. The lowest BCUT2D eigenvalue weighted by Gasteiger charge is -2.12. The number of aryl methyl sites for hydroxylation is 4.